The highest BCUT2D eigenvalue weighted by Gasteiger charge is 2.31. The lowest BCUT2D eigenvalue weighted by molar-refractivity contribution is -0.0231. The van der Waals surface area contributed by atoms with Crippen LogP contribution in [0.1, 0.15) is 57.1 Å². The Morgan fingerprint density at radius 2 is 1.69 bits per heavy atom. The van der Waals surface area contributed by atoms with E-state index in [1.54, 1.807) is 0 Å². The van der Waals surface area contributed by atoms with E-state index in [2.05, 4.69) is 31.3 Å². The van der Waals surface area contributed by atoms with Crippen molar-refractivity contribution in [2.24, 2.45) is 5.92 Å². The molecule has 0 radical (unpaired) electrons. The summed E-state index contributed by atoms with van der Waals surface area (Å²) in [7, 11) is 0. The smallest absolute Gasteiger partial charge is 0.407 e. The van der Waals surface area contributed by atoms with E-state index >= 15 is 0 Å². The third kappa shape index (κ3) is 8.29. The SMILES string of the molecule is CCC[C@H](C[C@@H]1CC[C@H]([C@@H](C)COCc2ccccc2)O1)NC(=O)OCc1ccccc1. The minimum Gasteiger partial charge on any atom is -0.445 e. The number of alkyl carbamates (subject to hydrolysis) is 1. The maximum absolute atomic E-state index is 12.3. The maximum atomic E-state index is 12.3. The van der Waals surface area contributed by atoms with Gasteiger partial charge in [-0.2, -0.15) is 0 Å². The van der Waals surface area contributed by atoms with Gasteiger partial charge in [-0.05, 0) is 36.8 Å². The van der Waals surface area contributed by atoms with E-state index in [1.165, 1.54) is 5.56 Å². The number of carbonyl (C=O) groups excluding carboxylic acids is 1. The van der Waals surface area contributed by atoms with Crippen LogP contribution in [0.25, 0.3) is 0 Å². The minimum absolute atomic E-state index is 0.0664. The molecule has 1 fully saturated rings. The van der Waals surface area contributed by atoms with Crippen LogP contribution in [0, 0.1) is 5.92 Å². The number of rotatable bonds is 12. The number of nitrogens with one attached hydrogen (secondary N) is 1. The monoisotopic (exact) mass is 439 g/mol. The fourth-order valence-corrected chi connectivity index (χ4v) is 4.22. The van der Waals surface area contributed by atoms with Gasteiger partial charge in [0.15, 0.2) is 0 Å². The van der Waals surface area contributed by atoms with Gasteiger partial charge in [-0.15, -0.1) is 0 Å². The molecule has 2 aromatic carbocycles. The Kier molecular flexibility index (Phi) is 10.0. The fourth-order valence-electron chi connectivity index (χ4n) is 4.22. The van der Waals surface area contributed by atoms with Crippen molar-refractivity contribution in [3.05, 3.63) is 71.8 Å². The van der Waals surface area contributed by atoms with Crippen LogP contribution < -0.4 is 5.32 Å². The molecule has 174 valence electrons. The van der Waals surface area contributed by atoms with Crippen LogP contribution >= 0.6 is 0 Å². The Morgan fingerprint density at radius 1 is 1.03 bits per heavy atom. The Morgan fingerprint density at radius 3 is 2.34 bits per heavy atom. The van der Waals surface area contributed by atoms with Crippen molar-refractivity contribution < 1.29 is 19.0 Å². The number of benzene rings is 2. The molecule has 0 unspecified atom stereocenters. The summed E-state index contributed by atoms with van der Waals surface area (Å²) in [5.41, 5.74) is 2.18. The maximum Gasteiger partial charge on any atom is 0.407 e. The molecule has 32 heavy (non-hydrogen) atoms. The summed E-state index contributed by atoms with van der Waals surface area (Å²) in [6.07, 6.45) is 4.83. The summed E-state index contributed by atoms with van der Waals surface area (Å²) in [4.78, 5) is 12.3. The first-order chi connectivity index (χ1) is 15.6. The number of hydrogen-bond donors (Lipinski definition) is 1. The van der Waals surface area contributed by atoms with Crippen molar-refractivity contribution in [1.82, 2.24) is 5.32 Å². The third-order valence-electron chi connectivity index (χ3n) is 5.99. The molecule has 0 bridgehead atoms. The molecular formula is C27H37NO4. The molecule has 1 aliphatic rings. The molecule has 1 N–H and O–H groups in total. The number of carbonyl (C=O) groups is 1. The van der Waals surface area contributed by atoms with E-state index in [0.717, 1.165) is 37.7 Å². The fraction of sp³-hybridized carbons (Fsp3) is 0.519. The van der Waals surface area contributed by atoms with Gasteiger partial charge < -0.3 is 19.5 Å². The molecule has 1 heterocycles. The van der Waals surface area contributed by atoms with Gasteiger partial charge in [0.2, 0.25) is 0 Å². The second-order valence-electron chi connectivity index (χ2n) is 8.78. The molecule has 0 aliphatic carbocycles. The van der Waals surface area contributed by atoms with E-state index in [0.29, 0.717) is 19.1 Å². The molecule has 0 saturated carbocycles. The van der Waals surface area contributed by atoms with Crippen molar-refractivity contribution in [3.8, 4) is 0 Å². The number of hydrogen-bond acceptors (Lipinski definition) is 4. The molecule has 2 aromatic rings. The van der Waals surface area contributed by atoms with E-state index in [9.17, 15) is 4.79 Å². The summed E-state index contributed by atoms with van der Waals surface area (Å²) < 4.78 is 17.7. The van der Waals surface area contributed by atoms with E-state index in [4.69, 9.17) is 14.2 Å². The average molecular weight is 440 g/mol. The van der Waals surface area contributed by atoms with Crippen molar-refractivity contribution in [2.45, 2.75) is 77.4 Å². The highest BCUT2D eigenvalue weighted by Crippen LogP contribution is 2.29. The predicted molar refractivity (Wildman–Crippen MR) is 126 cm³/mol. The zero-order chi connectivity index (χ0) is 22.6. The Balaban J connectivity index is 1.37. The zero-order valence-corrected chi connectivity index (χ0v) is 19.4. The quantitative estimate of drug-likeness (QED) is 0.449. The van der Waals surface area contributed by atoms with Gasteiger partial charge in [0.1, 0.15) is 6.61 Å². The first kappa shape index (κ1) is 24.3. The topological polar surface area (TPSA) is 56.8 Å². The van der Waals surface area contributed by atoms with Gasteiger partial charge in [0, 0.05) is 12.0 Å². The van der Waals surface area contributed by atoms with Crippen molar-refractivity contribution >= 4 is 6.09 Å². The molecule has 1 saturated heterocycles. The third-order valence-corrected chi connectivity index (χ3v) is 5.99. The molecule has 4 atom stereocenters. The van der Waals surface area contributed by atoms with Crippen LogP contribution in [-0.4, -0.2) is 30.9 Å². The molecule has 1 aliphatic heterocycles. The van der Waals surface area contributed by atoms with Crippen molar-refractivity contribution in [1.29, 1.82) is 0 Å². The molecular weight excluding hydrogens is 402 g/mol. The second-order valence-corrected chi connectivity index (χ2v) is 8.78. The van der Waals surface area contributed by atoms with Crippen LogP contribution in [0.3, 0.4) is 0 Å². The number of ether oxygens (including phenoxy) is 3. The zero-order valence-electron chi connectivity index (χ0n) is 19.4. The normalized spacial score (nSPS) is 19.9. The van der Waals surface area contributed by atoms with E-state index < -0.39 is 0 Å². The first-order valence-electron chi connectivity index (χ1n) is 11.9. The van der Waals surface area contributed by atoms with E-state index in [1.807, 2.05) is 48.5 Å². The van der Waals surface area contributed by atoms with E-state index in [-0.39, 0.29) is 30.9 Å². The van der Waals surface area contributed by atoms with Gasteiger partial charge >= 0.3 is 6.09 Å². The van der Waals surface area contributed by atoms with Gasteiger partial charge in [-0.1, -0.05) is 80.9 Å². The first-order valence-corrected chi connectivity index (χ1v) is 11.9. The van der Waals surface area contributed by atoms with Gasteiger partial charge in [0.25, 0.3) is 0 Å². The molecule has 0 spiro atoms. The lowest BCUT2D eigenvalue weighted by Crippen LogP contribution is -2.38. The van der Waals surface area contributed by atoms with Crippen LogP contribution in [0.4, 0.5) is 4.79 Å². The minimum atomic E-state index is -0.357. The Hall–Kier alpha value is -2.37. The van der Waals surface area contributed by atoms with Crippen molar-refractivity contribution in [3.63, 3.8) is 0 Å². The summed E-state index contributed by atoms with van der Waals surface area (Å²) in [5.74, 6) is 0.345. The van der Waals surface area contributed by atoms with Crippen LogP contribution in [0.5, 0.6) is 0 Å². The summed E-state index contributed by atoms with van der Waals surface area (Å²) >= 11 is 0. The van der Waals surface area contributed by atoms with Gasteiger partial charge in [-0.3, -0.25) is 0 Å². The van der Waals surface area contributed by atoms with Crippen molar-refractivity contribution in [2.75, 3.05) is 6.61 Å². The summed E-state index contributed by atoms with van der Waals surface area (Å²) in [6, 6.07) is 20.1. The van der Waals surface area contributed by atoms with Gasteiger partial charge in [0.05, 0.1) is 25.4 Å². The second kappa shape index (κ2) is 13.2. The van der Waals surface area contributed by atoms with Crippen LogP contribution in [-0.2, 0) is 27.4 Å². The lowest BCUT2D eigenvalue weighted by Gasteiger charge is -2.24. The highest BCUT2D eigenvalue weighted by atomic mass is 16.5. The average Bonchev–Trinajstić information content (AvgIpc) is 3.28. The predicted octanol–water partition coefficient (Wildman–Crippen LogP) is 5.87. The molecule has 5 heteroatoms. The molecule has 0 aromatic heterocycles. The number of amides is 1. The Labute approximate surface area is 192 Å². The largest absolute Gasteiger partial charge is 0.445 e. The summed E-state index contributed by atoms with van der Waals surface area (Å²) in [6.45, 7) is 5.94. The molecule has 3 rings (SSSR count). The standard InChI is InChI=1S/C27H37NO4/c1-3-10-24(28-27(29)31-20-23-13-8-5-9-14-23)17-25-15-16-26(32-25)21(2)18-30-19-22-11-6-4-7-12-22/h4-9,11-14,21,24-26H,3,10,15-20H2,1-2H3,(H,28,29)/t21-,24+,25-,26+/m0/s1. The lowest BCUT2D eigenvalue weighted by atomic mass is 10.0. The summed E-state index contributed by atoms with van der Waals surface area (Å²) in [5, 5.41) is 3.05. The molecule has 1 amide bonds. The van der Waals surface area contributed by atoms with Crippen LogP contribution in [0.15, 0.2) is 60.7 Å². The Bertz CT molecular complexity index is 783. The molecule has 5 nitrogen and oxygen atoms in total. The highest BCUT2D eigenvalue weighted by molar-refractivity contribution is 5.67. The van der Waals surface area contributed by atoms with Crippen LogP contribution in [0.2, 0.25) is 0 Å². The van der Waals surface area contributed by atoms with Gasteiger partial charge in [-0.25, -0.2) is 4.79 Å².